The Morgan fingerprint density at radius 1 is 1.20 bits per heavy atom. The monoisotopic (exact) mass is 340 g/mol. The third-order valence-electron chi connectivity index (χ3n) is 4.90. The van der Waals surface area contributed by atoms with Crippen LogP contribution in [-0.2, 0) is 12.0 Å². The summed E-state index contributed by atoms with van der Waals surface area (Å²) in [4.78, 5) is 15.0. The highest BCUT2D eigenvalue weighted by atomic mass is 16.2. The Morgan fingerprint density at radius 2 is 1.96 bits per heavy atom. The third-order valence-corrected chi connectivity index (χ3v) is 4.90. The lowest BCUT2D eigenvalue weighted by Crippen LogP contribution is -2.44. The van der Waals surface area contributed by atoms with Gasteiger partial charge in [-0.15, -0.1) is 5.10 Å². The van der Waals surface area contributed by atoms with Gasteiger partial charge in [0.15, 0.2) is 5.69 Å². The zero-order valence-corrected chi connectivity index (χ0v) is 15.5. The molecule has 1 aliphatic heterocycles. The molecular weight excluding hydrogens is 312 g/mol. The summed E-state index contributed by atoms with van der Waals surface area (Å²) in [5, 5.41) is 8.27. The van der Waals surface area contributed by atoms with Crippen LogP contribution in [0.4, 0.5) is 0 Å². The Balaban J connectivity index is 1.69. The molecule has 1 fully saturated rings. The molecule has 5 nitrogen and oxygen atoms in total. The van der Waals surface area contributed by atoms with Crippen molar-refractivity contribution in [3.63, 3.8) is 0 Å². The molecule has 1 unspecified atom stereocenters. The average molecular weight is 340 g/mol. The Labute approximate surface area is 150 Å². The molecule has 0 N–H and O–H groups in total. The molecule has 0 bridgehead atoms. The first-order valence-corrected chi connectivity index (χ1v) is 9.23. The van der Waals surface area contributed by atoms with Crippen molar-refractivity contribution in [1.29, 1.82) is 0 Å². The second kappa shape index (κ2) is 7.38. The minimum atomic E-state index is -0.167. The highest BCUT2D eigenvalue weighted by molar-refractivity contribution is 5.92. The van der Waals surface area contributed by atoms with Crippen LogP contribution in [0.25, 0.3) is 0 Å². The van der Waals surface area contributed by atoms with E-state index in [2.05, 4.69) is 55.3 Å². The van der Waals surface area contributed by atoms with Gasteiger partial charge in [0.05, 0.1) is 11.7 Å². The lowest BCUT2D eigenvalue weighted by Gasteiger charge is -2.35. The molecule has 1 aliphatic rings. The van der Waals surface area contributed by atoms with Gasteiger partial charge in [0.1, 0.15) is 0 Å². The highest BCUT2D eigenvalue weighted by Gasteiger charge is 2.29. The van der Waals surface area contributed by atoms with E-state index >= 15 is 0 Å². The summed E-state index contributed by atoms with van der Waals surface area (Å²) < 4.78 is 1.77. The maximum atomic E-state index is 13.0. The van der Waals surface area contributed by atoms with Crippen molar-refractivity contribution in [2.45, 2.75) is 64.5 Å². The van der Waals surface area contributed by atoms with Gasteiger partial charge in [0.2, 0.25) is 0 Å². The number of amides is 1. The number of rotatable bonds is 4. The predicted molar refractivity (Wildman–Crippen MR) is 98.5 cm³/mol. The van der Waals surface area contributed by atoms with Crippen molar-refractivity contribution < 1.29 is 4.79 Å². The largest absolute Gasteiger partial charge is 0.334 e. The molecule has 0 spiro atoms. The van der Waals surface area contributed by atoms with Crippen molar-refractivity contribution in [3.05, 3.63) is 47.8 Å². The minimum absolute atomic E-state index is 0.0215. The average Bonchev–Trinajstić information content (AvgIpc) is 3.11. The van der Waals surface area contributed by atoms with E-state index in [-0.39, 0.29) is 11.4 Å². The molecule has 1 atom stereocenters. The number of hydrogen-bond acceptors (Lipinski definition) is 3. The van der Waals surface area contributed by atoms with Crippen LogP contribution in [-0.4, -0.2) is 38.4 Å². The van der Waals surface area contributed by atoms with E-state index in [0.29, 0.717) is 11.7 Å². The third kappa shape index (κ3) is 4.27. The first-order chi connectivity index (χ1) is 11.9. The Morgan fingerprint density at radius 3 is 2.64 bits per heavy atom. The normalized spacial score (nSPS) is 18.4. The zero-order valence-electron chi connectivity index (χ0n) is 15.5. The number of hydrogen-bond donors (Lipinski definition) is 0. The van der Waals surface area contributed by atoms with E-state index in [0.717, 1.165) is 32.2 Å². The van der Waals surface area contributed by atoms with Gasteiger partial charge in [0, 0.05) is 12.6 Å². The molecule has 1 saturated heterocycles. The van der Waals surface area contributed by atoms with Crippen LogP contribution in [0.5, 0.6) is 0 Å². The highest BCUT2D eigenvalue weighted by Crippen LogP contribution is 2.23. The second-order valence-corrected chi connectivity index (χ2v) is 7.89. The van der Waals surface area contributed by atoms with Crippen molar-refractivity contribution in [1.82, 2.24) is 19.9 Å². The fourth-order valence-electron chi connectivity index (χ4n) is 3.38. The lowest BCUT2D eigenvalue weighted by molar-refractivity contribution is 0.0595. The maximum absolute atomic E-state index is 13.0. The van der Waals surface area contributed by atoms with E-state index < -0.39 is 0 Å². The summed E-state index contributed by atoms with van der Waals surface area (Å²) in [6.07, 6.45) is 7.13. The van der Waals surface area contributed by atoms with Crippen LogP contribution < -0.4 is 0 Å². The predicted octanol–water partition coefficient (Wildman–Crippen LogP) is 3.66. The van der Waals surface area contributed by atoms with E-state index in [9.17, 15) is 4.79 Å². The van der Waals surface area contributed by atoms with E-state index in [1.54, 1.807) is 10.9 Å². The molecule has 134 valence electrons. The van der Waals surface area contributed by atoms with Crippen molar-refractivity contribution in [3.8, 4) is 0 Å². The summed E-state index contributed by atoms with van der Waals surface area (Å²) in [5.41, 5.74) is 1.63. The number of piperidine rings is 1. The first-order valence-electron chi connectivity index (χ1n) is 9.23. The number of carbonyl (C=O) groups is 1. The molecule has 2 heterocycles. The molecule has 1 aromatic carbocycles. The quantitative estimate of drug-likeness (QED) is 0.853. The summed E-state index contributed by atoms with van der Waals surface area (Å²) in [7, 11) is 0. The van der Waals surface area contributed by atoms with Gasteiger partial charge in [0.25, 0.3) is 5.91 Å². The van der Waals surface area contributed by atoms with Gasteiger partial charge < -0.3 is 4.90 Å². The molecule has 0 radical (unpaired) electrons. The topological polar surface area (TPSA) is 51.0 Å². The summed E-state index contributed by atoms with van der Waals surface area (Å²) in [5.74, 6) is 0.0215. The molecular formula is C20H28N4O. The smallest absolute Gasteiger partial charge is 0.276 e. The number of carbonyl (C=O) groups excluding carboxylic acids is 1. The van der Waals surface area contributed by atoms with Gasteiger partial charge in [-0.1, -0.05) is 35.5 Å². The molecule has 0 aliphatic carbocycles. The molecule has 0 saturated carbocycles. The lowest BCUT2D eigenvalue weighted by atomic mass is 9.95. The van der Waals surface area contributed by atoms with Gasteiger partial charge in [-0.3, -0.25) is 4.79 Å². The fourth-order valence-corrected chi connectivity index (χ4v) is 3.38. The number of likely N-dealkylation sites (tertiary alicyclic amines) is 1. The summed E-state index contributed by atoms with van der Waals surface area (Å²) in [6.45, 7) is 6.99. The van der Waals surface area contributed by atoms with Crippen LogP contribution in [0, 0.1) is 0 Å². The molecule has 25 heavy (non-hydrogen) atoms. The van der Waals surface area contributed by atoms with E-state index in [1.165, 1.54) is 12.0 Å². The molecule has 1 aromatic heterocycles. The maximum Gasteiger partial charge on any atom is 0.276 e. The number of aromatic nitrogens is 3. The van der Waals surface area contributed by atoms with E-state index in [1.807, 2.05) is 11.0 Å². The Hall–Kier alpha value is -2.17. The standard InChI is InChI=1S/C20H28N4O/c1-20(2,3)24-15-18(21-22-24)19(25)23-14-8-7-11-17(23)13-12-16-9-5-4-6-10-16/h4-6,9-10,15,17H,7-8,11-14H2,1-3H3. The SMILES string of the molecule is CC(C)(C)n1cc(C(=O)N2CCCCC2CCc2ccccc2)nn1. The molecule has 1 amide bonds. The zero-order chi connectivity index (χ0) is 17.9. The Kier molecular flexibility index (Phi) is 5.21. The molecule has 3 rings (SSSR count). The fraction of sp³-hybridized carbons (Fsp3) is 0.550. The van der Waals surface area contributed by atoms with Gasteiger partial charge in [-0.05, 0) is 58.4 Å². The van der Waals surface area contributed by atoms with Gasteiger partial charge >= 0.3 is 0 Å². The van der Waals surface area contributed by atoms with Crippen LogP contribution in [0.2, 0.25) is 0 Å². The number of benzene rings is 1. The minimum Gasteiger partial charge on any atom is -0.334 e. The van der Waals surface area contributed by atoms with Crippen molar-refractivity contribution >= 4 is 5.91 Å². The van der Waals surface area contributed by atoms with Crippen molar-refractivity contribution in [2.24, 2.45) is 0 Å². The van der Waals surface area contributed by atoms with Crippen LogP contribution in [0.3, 0.4) is 0 Å². The second-order valence-electron chi connectivity index (χ2n) is 7.89. The first kappa shape index (κ1) is 17.6. The summed E-state index contributed by atoms with van der Waals surface area (Å²) in [6, 6.07) is 10.8. The van der Waals surface area contributed by atoms with Gasteiger partial charge in [-0.25, -0.2) is 4.68 Å². The summed E-state index contributed by atoms with van der Waals surface area (Å²) >= 11 is 0. The van der Waals surface area contributed by atoms with Crippen LogP contribution in [0.1, 0.15) is 62.5 Å². The molecule has 2 aromatic rings. The number of nitrogens with zero attached hydrogens (tertiary/aromatic N) is 4. The number of aryl methyl sites for hydroxylation is 1. The Bertz CT molecular complexity index is 702. The van der Waals surface area contributed by atoms with Gasteiger partial charge in [-0.2, -0.15) is 0 Å². The molecule has 5 heteroatoms. The van der Waals surface area contributed by atoms with Crippen LogP contribution >= 0.6 is 0 Å². The van der Waals surface area contributed by atoms with Crippen LogP contribution in [0.15, 0.2) is 36.5 Å². The van der Waals surface area contributed by atoms with Crippen molar-refractivity contribution in [2.75, 3.05) is 6.54 Å². The van der Waals surface area contributed by atoms with E-state index in [4.69, 9.17) is 0 Å².